The molecule has 8 nitrogen and oxygen atoms in total. The van der Waals surface area contributed by atoms with Crippen molar-refractivity contribution in [3.63, 3.8) is 0 Å². The Kier molecular flexibility index (Phi) is 18.8. The molecule has 0 bridgehead atoms. The summed E-state index contributed by atoms with van der Waals surface area (Å²) in [5, 5.41) is 7.13. The van der Waals surface area contributed by atoms with E-state index in [9.17, 15) is 0 Å². The highest BCUT2D eigenvalue weighted by Crippen LogP contribution is 2.26. The van der Waals surface area contributed by atoms with Crippen molar-refractivity contribution in [1.82, 2.24) is 10.6 Å². The molecule has 0 aromatic heterocycles. The molecule has 0 aliphatic rings. The Bertz CT molecular complexity index is 1130. The first-order chi connectivity index (χ1) is 23.5. The molecule has 0 unspecified atom stereocenters. The summed E-state index contributed by atoms with van der Waals surface area (Å²) in [7, 11) is -5.14. The van der Waals surface area contributed by atoms with Gasteiger partial charge in [-0.3, -0.25) is 0 Å². The van der Waals surface area contributed by atoms with Gasteiger partial charge in [-0.1, -0.05) is 72.8 Å². The third-order valence-electron chi connectivity index (χ3n) is 7.98. The average Bonchev–Trinajstić information content (AvgIpc) is 3.09. The molecule has 3 rings (SSSR count). The van der Waals surface area contributed by atoms with Gasteiger partial charge in [0.1, 0.15) is 0 Å². The Labute approximate surface area is 292 Å². The van der Waals surface area contributed by atoms with Crippen LogP contribution < -0.4 is 10.6 Å². The molecule has 266 valence electrons. The maximum atomic E-state index is 5.97. The molecule has 0 amide bonds. The summed E-state index contributed by atoms with van der Waals surface area (Å²) in [6.45, 7) is 19.1. The van der Waals surface area contributed by atoms with Crippen LogP contribution in [0.25, 0.3) is 22.3 Å². The van der Waals surface area contributed by atoms with Crippen LogP contribution in [0.15, 0.2) is 72.8 Å². The van der Waals surface area contributed by atoms with E-state index in [1.807, 2.05) is 41.5 Å². The van der Waals surface area contributed by atoms with Gasteiger partial charge in [-0.15, -0.1) is 0 Å². The number of rotatable bonds is 26. The SMILES string of the molecule is CCO[Si](CCCNCc1ccc(-c2ccc(-c3ccc(CNCCC[Si](OCC)(OCC)OCC)cc3)cc2)cc1)(OCC)OCC. The van der Waals surface area contributed by atoms with Crippen LogP contribution in [-0.2, 0) is 39.6 Å². The van der Waals surface area contributed by atoms with E-state index in [0.717, 1.165) is 51.1 Å². The van der Waals surface area contributed by atoms with Crippen molar-refractivity contribution in [3.8, 4) is 22.3 Å². The molecule has 10 heteroatoms. The molecular formula is C38H60N2O6Si2. The zero-order chi connectivity index (χ0) is 34.5. The monoisotopic (exact) mass is 696 g/mol. The first-order valence-corrected chi connectivity index (χ1v) is 21.9. The van der Waals surface area contributed by atoms with E-state index in [4.69, 9.17) is 26.6 Å². The van der Waals surface area contributed by atoms with E-state index in [0.29, 0.717) is 39.6 Å². The Morgan fingerprint density at radius 1 is 0.396 bits per heavy atom. The summed E-state index contributed by atoms with van der Waals surface area (Å²) < 4.78 is 35.8. The summed E-state index contributed by atoms with van der Waals surface area (Å²) >= 11 is 0. The molecule has 0 aliphatic carbocycles. The zero-order valence-electron chi connectivity index (χ0n) is 30.3. The molecule has 48 heavy (non-hydrogen) atoms. The quantitative estimate of drug-likeness (QED) is 0.0645. The Morgan fingerprint density at radius 3 is 0.896 bits per heavy atom. The lowest BCUT2D eigenvalue weighted by atomic mass is 9.99. The molecule has 0 fully saturated rings. The van der Waals surface area contributed by atoms with Crippen molar-refractivity contribution in [2.45, 2.75) is 79.6 Å². The van der Waals surface area contributed by atoms with Crippen LogP contribution in [0.2, 0.25) is 12.1 Å². The molecule has 0 heterocycles. The Balaban J connectivity index is 1.43. The highest BCUT2D eigenvalue weighted by molar-refractivity contribution is 6.61. The fourth-order valence-electron chi connectivity index (χ4n) is 5.81. The van der Waals surface area contributed by atoms with E-state index >= 15 is 0 Å². The highest BCUT2D eigenvalue weighted by atomic mass is 28.4. The van der Waals surface area contributed by atoms with Crippen LogP contribution in [0.5, 0.6) is 0 Å². The lowest BCUT2D eigenvalue weighted by molar-refractivity contribution is 0.0700. The topological polar surface area (TPSA) is 79.4 Å². The van der Waals surface area contributed by atoms with Crippen molar-refractivity contribution in [2.75, 3.05) is 52.7 Å². The molecule has 0 atom stereocenters. The van der Waals surface area contributed by atoms with Gasteiger partial charge in [0.15, 0.2) is 0 Å². The molecule has 0 aliphatic heterocycles. The lowest BCUT2D eigenvalue weighted by Gasteiger charge is -2.28. The summed E-state index contributed by atoms with van der Waals surface area (Å²) in [5.74, 6) is 0. The van der Waals surface area contributed by atoms with Crippen molar-refractivity contribution in [1.29, 1.82) is 0 Å². The molecule has 0 saturated carbocycles. The maximum absolute atomic E-state index is 5.97. The minimum Gasteiger partial charge on any atom is -0.374 e. The third-order valence-corrected chi connectivity index (χ3v) is 14.3. The standard InChI is InChI=1S/C38H60N2O6Si2/c1-7-41-47(42-8-2,43-9-3)29-13-27-39-31-33-15-19-35(20-16-33)37-23-25-38(26-24-37)36-21-17-34(18-22-36)32-40-28-14-30-48(44-10-4,45-11-5)46-12-6/h15-26,39-40H,7-14,27-32H2,1-6H3. The second-order valence-electron chi connectivity index (χ2n) is 11.5. The number of nitrogens with one attached hydrogen (secondary N) is 2. The molecule has 0 saturated heterocycles. The van der Waals surface area contributed by atoms with Crippen LogP contribution in [0.3, 0.4) is 0 Å². The summed E-state index contributed by atoms with van der Waals surface area (Å²) in [6, 6.07) is 28.1. The minimum atomic E-state index is -2.57. The van der Waals surface area contributed by atoms with Crippen molar-refractivity contribution in [3.05, 3.63) is 83.9 Å². The predicted octanol–water partition coefficient (Wildman–Crippen LogP) is 8.08. The molecular weight excluding hydrogens is 637 g/mol. The molecule has 3 aromatic rings. The number of hydrogen-bond donors (Lipinski definition) is 2. The van der Waals surface area contributed by atoms with Gasteiger partial charge in [-0.05, 0) is 101 Å². The first kappa shape index (κ1) is 40.2. The minimum absolute atomic E-state index is 0.616. The van der Waals surface area contributed by atoms with E-state index < -0.39 is 17.6 Å². The van der Waals surface area contributed by atoms with Gasteiger partial charge in [0.2, 0.25) is 0 Å². The third kappa shape index (κ3) is 13.2. The van der Waals surface area contributed by atoms with Crippen LogP contribution in [0.1, 0.15) is 65.5 Å². The molecule has 0 radical (unpaired) electrons. The van der Waals surface area contributed by atoms with Crippen LogP contribution >= 0.6 is 0 Å². The highest BCUT2D eigenvalue weighted by Gasteiger charge is 2.40. The summed E-state index contributed by atoms with van der Waals surface area (Å²) in [4.78, 5) is 0. The average molecular weight is 697 g/mol. The van der Waals surface area contributed by atoms with Gasteiger partial charge >= 0.3 is 17.6 Å². The van der Waals surface area contributed by atoms with Crippen LogP contribution in [0.4, 0.5) is 0 Å². The largest absolute Gasteiger partial charge is 0.500 e. The Hall–Kier alpha value is -2.23. The molecule has 3 aromatic carbocycles. The van der Waals surface area contributed by atoms with Gasteiger partial charge < -0.3 is 37.2 Å². The van der Waals surface area contributed by atoms with Crippen molar-refractivity contribution >= 4 is 17.6 Å². The maximum Gasteiger partial charge on any atom is 0.500 e. The van der Waals surface area contributed by atoms with Gasteiger partial charge in [-0.2, -0.15) is 0 Å². The van der Waals surface area contributed by atoms with Crippen molar-refractivity contribution in [2.24, 2.45) is 0 Å². The fraction of sp³-hybridized carbons (Fsp3) is 0.526. The summed E-state index contributed by atoms with van der Waals surface area (Å²) in [6.07, 6.45) is 1.91. The number of benzene rings is 3. The van der Waals surface area contributed by atoms with E-state index in [1.165, 1.54) is 33.4 Å². The van der Waals surface area contributed by atoms with Crippen LogP contribution in [-0.4, -0.2) is 70.3 Å². The predicted molar refractivity (Wildman–Crippen MR) is 201 cm³/mol. The summed E-state index contributed by atoms with van der Waals surface area (Å²) in [5.41, 5.74) is 7.41. The lowest BCUT2D eigenvalue weighted by Crippen LogP contribution is -2.46. The van der Waals surface area contributed by atoms with Crippen LogP contribution in [0, 0.1) is 0 Å². The molecule has 0 spiro atoms. The van der Waals surface area contributed by atoms with E-state index in [2.05, 4.69) is 83.4 Å². The second-order valence-corrected chi connectivity index (χ2v) is 17.0. The zero-order valence-corrected chi connectivity index (χ0v) is 32.3. The normalized spacial score (nSPS) is 12.1. The van der Waals surface area contributed by atoms with Crippen molar-refractivity contribution < 1.29 is 26.6 Å². The van der Waals surface area contributed by atoms with Gasteiger partial charge in [0.25, 0.3) is 0 Å². The van der Waals surface area contributed by atoms with Gasteiger partial charge in [0.05, 0.1) is 0 Å². The van der Waals surface area contributed by atoms with Gasteiger partial charge in [-0.25, -0.2) is 0 Å². The smallest absolute Gasteiger partial charge is 0.374 e. The van der Waals surface area contributed by atoms with Gasteiger partial charge in [0, 0.05) is 64.8 Å². The van der Waals surface area contributed by atoms with E-state index in [1.54, 1.807) is 0 Å². The molecule has 2 N–H and O–H groups in total. The second kappa shape index (κ2) is 22.5. The first-order valence-electron chi connectivity index (χ1n) is 18.0. The Morgan fingerprint density at radius 2 is 0.646 bits per heavy atom. The number of hydrogen-bond acceptors (Lipinski definition) is 8. The van der Waals surface area contributed by atoms with E-state index in [-0.39, 0.29) is 0 Å². The fourth-order valence-corrected chi connectivity index (χ4v) is 11.0.